The van der Waals surface area contributed by atoms with Crippen LogP contribution in [0.1, 0.15) is 65.4 Å². The standard InChI is InChI=1S/C29H35N2O5S/c1-5-6-9-27-30(15-14-28(33)35-3)20-25(17-24(21(2)32)18-26-8-7-16-37-26)31(27)19-22-10-12-23(13-11-22)29(34)36-4/h7-8,10-13,16-17,20H,5-6,9,14-15,18-19H2,1-4H3/q+1/b24-17+. The van der Waals surface area contributed by atoms with Crippen LogP contribution in [0.5, 0.6) is 0 Å². The second-order valence-electron chi connectivity index (χ2n) is 8.85. The lowest BCUT2D eigenvalue weighted by Crippen LogP contribution is -2.38. The summed E-state index contributed by atoms with van der Waals surface area (Å²) in [6, 6.07) is 11.4. The van der Waals surface area contributed by atoms with Crippen LogP contribution in [0, 0.1) is 0 Å². The minimum atomic E-state index is -0.375. The minimum absolute atomic E-state index is 0.0276. The van der Waals surface area contributed by atoms with E-state index in [0.29, 0.717) is 25.1 Å². The van der Waals surface area contributed by atoms with E-state index in [0.717, 1.165) is 46.8 Å². The van der Waals surface area contributed by atoms with Gasteiger partial charge < -0.3 is 9.47 Å². The summed E-state index contributed by atoms with van der Waals surface area (Å²) in [5.74, 6) is 0.465. The molecule has 196 valence electrons. The van der Waals surface area contributed by atoms with Crippen molar-refractivity contribution in [1.82, 2.24) is 4.57 Å². The quantitative estimate of drug-likeness (QED) is 0.183. The summed E-state index contributed by atoms with van der Waals surface area (Å²) in [4.78, 5) is 37.5. The Hall–Kier alpha value is -3.52. The summed E-state index contributed by atoms with van der Waals surface area (Å²) in [5, 5.41) is 2.01. The van der Waals surface area contributed by atoms with E-state index in [1.807, 2.05) is 41.9 Å². The zero-order valence-corrected chi connectivity index (χ0v) is 22.8. The van der Waals surface area contributed by atoms with Crippen LogP contribution in [0.25, 0.3) is 6.08 Å². The number of hydrogen-bond donors (Lipinski definition) is 0. The van der Waals surface area contributed by atoms with Crippen LogP contribution in [0.15, 0.2) is 53.5 Å². The SMILES string of the molecule is CCCCc1n(Cc2ccc(C(=O)OC)cc2)c(/C=C(\Cc2cccs2)C(C)=O)c[n+]1CCC(=O)OC. The van der Waals surface area contributed by atoms with Gasteiger partial charge in [0.05, 0.1) is 26.2 Å². The number of aromatic nitrogens is 2. The Balaban J connectivity index is 2.07. The first-order valence-corrected chi connectivity index (χ1v) is 13.3. The number of Topliss-reactive ketones (excluding diaryl/α,β-unsaturated/α-hetero) is 1. The fraction of sp³-hybridized carbons (Fsp3) is 0.379. The van der Waals surface area contributed by atoms with Crippen LogP contribution in [0.4, 0.5) is 0 Å². The number of aryl methyl sites for hydroxylation is 1. The number of ketones is 1. The summed E-state index contributed by atoms with van der Waals surface area (Å²) in [6.45, 7) is 4.79. The fourth-order valence-corrected chi connectivity index (χ4v) is 4.86. The highest BCUT2D eigenvalue weighted by Crippen LogP contribution is 2.20. The molecule has 0 unspecified atom stereocenters. The summed E-state index contributed by atoms with van der Waals surface area (Å²) in [5.41, 5.74) is 3.13. The molecule has 2 heterocycles. The van der Waals surface area contributed by atoms with Crippen molar-refractivity contribution in [2.75, 3.05) is 14.2 Å². The number of imidazole rings is 1. The number of esters is 2. The predicted octanol–water partition coefficient (Wildman–Crippen LogP) is 4.79. The highest BCUT2D eigenvalue weighted by atomic mass is 32.1. The van der Waals surface area contributed by atoms with Crippen LogP contribution in [0.3, 0.4) is 0 Å². The number of carbonyl (C=O) groups is 3. The Bertz CT molecular complexity index is 1240. The van der Waals surface area contributed by atoms with Crippen molar-refractivity contribution < 1.29 is 28.4 Å². The molecule has 0 atom stereocenters. The predicted molar refractivity (Wildman–Crippen MR) is 143 cm³/mol. The van der Waals surface area contributed by atoms with Gasteiger partial charge in [-0.15, -0.1) is 11.3 Å². The van der Waals surface area contributed by atoms with Crippen LogP contribution >= 0.6 is 11.3 Å². The Morgan fingerprint density at radius 3 is 2.43 bits per heavy atom. The fourth-order valence-electron chi connectivity index (χ4n) is 4.13. The normalized spacial score (nSPS) is 11.4. The molecule has 0 N–H and O–H groups in total. The van der Waals surface area contributed by atoms with Crippen molar-refractivity contribution in [3.05, 3.63) is 81.1 Å². The smallest absolute Gasteiger partial charge is 0.337 e. The van der Waals surface area contributed by atoms with Gasteiger partial charge in [0, 0.05) is 23.3 Å². The molecule has 3 aromatic rings. The van der Waals surface area contributed by atoms with E-state index in [1.165, 1.54) is 14.2 Å². The van der Waals surface area contributed by atoms with Crippen molar-refractivity contribution >= 4 is 35.1 Å². The minimum Gasteiger partial charge on any atom is -0.469 e. The number of allylic oxidation sites excluding steroid dienone is 1. The summed E-state index contributed by atoms with van der Waals surface area (Å²) in [6.07, 6.45) is 7.66. The Morgan fingerprint density at radius 1 is 1.08 bits per heavy atom. The second-order valence-corrected chi connectivity index (χ2v) is 9.88. The third-order valence-corrected chi connectivity index (χ3v) is 7.09. The van der Waals surface area contributed by atoms with Gasteiger partial charge in [-0.05, 0) is 48.6 Å². The molecule has 0 radical (unpaired) electrons. The maximum absolute atomic E-state index is 12.6. The van der Waals surface area contributed by atoms with Gasteiger partial charge in [-0.2, -0.15) is 0 Å². The lowest BCUT2D eigenvalue weighted by atomic mass is 10.1. The molecule has 0 spiro atoms. The summed E-state index contributed by atoms with van der Waals surface area (Å²) < 4.78 is 14.0. The van der Waals surface area contributed by atoms with E-state index in [9.17, 15) is 14.4 Å². The molecule has 37 heavy (non-hydrogen) atoms. The van der Waals surface area contributed by atoms with Gasteiger partial charge in [0.25, 0.3) is 5.82 Å². The van der Waals surface area contributed by atoms with E-state index in [2.05, 4.69) is 16.1 Å². The van der Waals surface area contributed by atoms with Gasteiger partial charge in [-0.3, -0.25) is 9.59 Å². The Morgan fingerprint density at radius 2 is 1.84 bits per heavy atom. The van der Waals surface area contributed by atoms with Crippen molar-refractivity contribution in [2.24, 2.45) is 0 Å². The lowest BCUT2D eigenvalue weighted by Gasteiger charge is -2.08. The van der Waals surface area contributed by atoms with E-state index in [1.54, 1.807) is 30.4 Å². The molecule has 0 bridgehead atoms. The molecule has 1 aromatic carbocycles. The number of hydrogen-bond acceptors (Lipinski definition) is 6. The lowest BCUT2D eigenvalue weighted by molar-refractivity contribution is -0.702. The van der Waals surface area contributed by atoms with Crippen LogP contribution in [-0.2, 0) is 45.0 Å². The molecule has 0 aliphatic carbocycles. The van der Waals surface area contributed by atoms with E-state index in [-0.39, 0.29) is 24.1 Å². The second kappa shape index (κ2) is 13.7. The molecular weight excluding hydrogens is 488 g/mol. The number of nitrogens with zero attached hydrogens (tertiary/aromatic N) is 2. The number of benzene rings is 1. The molecule has 0 fully saturated rings. The van der Waals surface area contributed by atoms with Crippen molar-refractivity contribution in [2.45, 2.75) is 59.0 Å². The molecule has 0 amide bonds. The number of carbonyl (C=O) groups excluding carboxylic acids is 3. The largest absolute Gasteiger partial charge is 0.469 e. The van der Waals surface area contributed by atoms with Gasteiger partial charge in [0.15, 0.2) is 11.5 Å². The molecule has 8 heteroatoms. The van der Waals surface area contributed by atoms with E-state index < -0.39 is 0 Å². The van der Waals surface area contributed by atoms with Gasteiger partial charge in [0.2, 0.25) is 0 Å². The average Bonchev–Trinajstić information content (AvgIpc) is 3.53. The van der Waals surface area contributed by atoms with Crippen molar-refractivity contribution in [3.8, 4) is 0 Å². The monoisotopic (exact) mass is 523 g/mol. The van der Waals surface area contributed by atoms with Gasteiger partial charge >= 0.3 is 11.9 Å². The molecule has 0 aliphatic heterocycles. The topological polar surface area (TPSA) is 78.5 Å². The molecule has 7 nitrogen and oxygen atoms in total. The zero-order chi connectivity index (χ0) is 26.8. The van der Waals surface area contributed by atoms with Crippen molar-refractivity contribution in [1.29, 1.82) is 0 Å². The van der Waals surface area contributed by atoms with Gasteiger partial charge in [-0.1, -0.05) is 31.5 Å². The van der Waals surface area contributed by atoms with Crippen LogP contribution < -0.4 is 4.57 Å². The molecule has 0 aliphatic rings. The molecular formula is C29H35N2O5S+. The first-order valence-electron chi connectivity index (χ1n) is 12.5. The number of methoxy groups -OCH3 is 2. The van der Waals surface area contributed by atoms with E-state index in [4.69, 9.17) is 9.47 Å². The first kappa shape index (κ1) is 28.1. The third-order valence-electron chi connectivity index (χ3n) is 6.22. The number of thiophene rings is 1. The maximum atomic E-state index is 12.6. The van der Waals surface area contributed by atoms with Gasteiger partial charge in [-0.25, -0.2) is 13.9 Å². The molecule has 0 saturated carbocycles. The molecule has 3 rings (SSSR count). The Kier molecular flexibility index (Phi) is 10.4. The maximum Gasteiger partial charge on any atom is 0.337 e. The number of unbranched alkanes of at least 4 members (excludes halogenated alkanes) is 1. The zero-order valence-electron chi connectivity index (χ0n) is 22.0. The summed E-state index contributed by atoms with van der Waals surface area (Å²) >= 11 is 1.63. The molecule has 2 aromatic heterocycles. The van der Waals surface area contributed by atoms with Crippen LogP contribution in [0.2, 0.25) is 0 Å². The highest BCUT2D eigenvalue weighted by Gasteiger charge is 2.24. The average molecular weight is 524 g/mol. The summed E-state index contributed by atoms with van der Waals surface area (Å²) in [7, 11) is 2.76. The number of rotatable bonds is 13. The van der Waals surface area contributed by atoms with E-state index >= 15 is 0 Å². The third kappa shape index (κ3) is 7.73. The highest BCUT2D eigenvalue weighted by molar-refractivity contribution is 7.09. The van der Waals surface area contributed by atoms with Crippen LogP contribution in [-0.4, -0.2) is 36.5 Å². The van der Waals surface area contributed by atoms with Gasteiger partial charge in [0.1, 0.15) is 19.3 Å². The first-order chi connectivity index (χ1) is 17.9. The van der Waals surface area contributed by atoms with Crippen molar-refractivity contribution in [3.63, 3.8) is 0 Å². The number of ether oxygens (including phenoxy) is 2. The Labute approximate surface area is 222 Å². The molecule has 0 saturated heterocycles.